The molecule has 1 rings (SSSR count). The van der Waals surface area contributed by atoms with E-state index in [2.05, 4.69) is 9.97 Å². The topological polar surface area (TPSA) is 42.9 Å². The molecule has 0 amide bonds. The van der Waals surface area contributed by atoms with E-state index in [1.165, 1.54) is 18.6 Å². The molecule has 3 nitrogen and oxygen atoms in total. The molecular formula is C4H3N2OP. The van der Waals surface area contributed by atoms with Gasteiger partial charge in [-0.05, 0) is 0 Å². The van der Waals surface area contributed by atoms with E-state index < -0.39 is 0 Å². The van der Waals surface area contributed by atoms with Gasteiger partial charge in [0.25, 0.3) is 0 Å². The van der Waals surface area contributed by atoms with Crippen molar-refractivity contribution in [2.45, 2.75) is 0 Å². The average molecular weight is 126 g/mol. The number of hydrogen-bond donors (Lipinski definition) is 0. The standard InChI is InChI=1S/C4H3N2OP/c7-8-4-3-5-1-2-6-4/h1-3H. The second-order valence-electron chi connectivity index (χ2n) is 1.15. The Morgan fingerprint density at radius 3 is 2.75 bits per heavy atom. The third kappa shape index (κ3) is 1.07. The van der Waals surface area contributed by atoms with Crippen LogP contribution < -0.4 is 5.44 Å². The highest BCUT2D eigenvalue weighted by Gasteiger charge is 1.85. The Labute approximate surface area is 48.0 Å². The van der Waals surface area contributed by atoms with Crippen LogP contribution in [0.15, 0.2) is 18.6 Å². The minimum absolute atomic E-state index is 0.0742. The van der Waals surface area contributed by atoms with Crippen molar-refractivity contribution in [1.82, 2.24) is 9.97 Å². The van der Waals surface area contributed by atoms with Gasteiger partial charge < -0.3 is 0 Å². The molecule has 0 aliphatic carbocycles. The van der Waals surface area contributed by atoms with Crippen molar-refractivity contribution in [1.29, 1.82) is 0 Å². The summed E-state index contributed by atoms with van der Waals surface area (Å²) in [6, 6.07) is 0. The van der Waals surface area contributed by atoms with E-state index in [0.29, 0.717) is 5.44 Å². The maximum Gasteiger partial charge on any atom is 0.214 e. The Morgan fingerprint density at radius 2 is 2.38 bits per heavy atom. The first kappa shape index (κ1) is 5.32. The summed E-state index contributed by atoms with van der Waals surface area (Å²) in [6.45, 7) is 0. The van der Waals surface area contributed by atoms with Crippen LogP contribution in [0.1, 0.15) is 0 Å². The molecule has 0 spiro atoms. The average Bonchev–Trinajstić information content (AvgIpc) is 1.90. The van der Waals surface area contributed by atoms with E-state index in [1.807, 2.05) is 0 Å². The van der Waals surface area contributed by atoms with E-state index in [1.54, 1.807) is 0 Å². The Morgan fingerprint density at radius 1 is 1.50 bits per heavy atom. The summed E-state index contributed by atoms with van der Waals surface area (Å²) in [5, 5.41) is 0. The minimum atomic E-state index is -0.0742. The molecule has 0 aliphatic rings. The molecule has 4 heteroatoms. The Hall–Kier alpha value is -0.820. The molecule has 8 heavy (non-hydrogen) atoms. The van der Waals surface area contributed by atoms with Gasteiger partial charge in [0.2, 0.25) is 8.46 Å². The van der Waals surface area contributed by atoms with Gasteiger partial charge in [-0.1, -0.05) is 0 Å². The van der Waals surface area contributed by atoms with Crippen molar-refractivity contribution in [3.63, 3.8) is 0 Å². The summed E-state index contributed by atoms with van der Waals surface area (Å²) in [5.41, 5.74) is 0.465. The second-order valence-corrected chi connectivity index (χ2v) is 1.80. The van der Waals surface area contributed by atoms with Gasteiger partial charge in [0.15, 0.2) is 0 Å². The summed E-state index contributed by atoms with van der Waals surface area (Å²) in [6.07, 6.45) is 4.49. The van der Waals surface area contributed by atoms with E-state index in [0.717, 1.165) is 0 Å². The number of nitrogens with zero attached hydrogens (tertiary/aromatic N) is 2. The zero-order valence-corrected chi connectivity index (χ0v) is 4.88. The molecule has 0 saturated heterocycles. The minimum Gasteiger partial charge on any atom is -0.268 e. The molecule has 1 aromatic rings. The molecule has 1 heterocycles. The fraction of sp³-hybridized carbons (Fsp3) is 0. The van der Waals surface area contributed by atoms with Gasteiger partial charge in [0.05, 0.1) is 6.20 Å². The maximum absolute atomic E-state index is 10.0. The number of rotatable bonds is 1. The predicted octanol–water partition coefficient (Wildman–Crippen LogP) is 0.394. The van der Waals surface area contributed by atoms with Crippen LogP contribution >= 0.6 is 8.46 Å². The van der Waals surface area contributed by atoms with Crippen LogP contribution in [0.3, 0.4) is 0 Å². The molecule has 40 valence electrons. The molecule has 0 atom stereocenters. The van der Waals surface area contributed by atoms with Gasteiger partial charge >= 0.3 is 0 Å². The lowest BCUT2D eigenvalue weighted by Gasteiger charge is -1.79. The van der Waals surface area contributed by atoms with Crippen molar-refractivity contribution in [3.8, 4) is 0 Å². The molecule has 0 fully saturated rings. The lowest BCUT2D eigenvalue weighted by atomic mass is 10.8. The highest BCUT2D eigenvalue weighted by Crippen LogP contribution is 1.85. The van der Waals surface area contributed by atoms with Crippen molar-refractivity contribution in [2.24, 2.45) is 0 Å². The fourth-order valence-electron chi connectivity index (χ4n) is 0.338. The summed E-state index contributed by atoms with van der Waals surface area (Å²) in [4.78, 5) is 7.40. The van der Waals surface area contributed by atoms with Gasteiger partial charge in [-0.3, -0.25) is 9.55 Å². The molecule has 0 aromatic carbocycles. The Balaban J connectivity index is 2.99. The number of aromatic nitrogens is 2. The zero-order chi connectivity index (χ0) is 5.82. The molecule has 0 saturated carbocycles. The largest absolute Gasteiger partial charge is 0.268 e. The fourth-order valence-corrected chi connectivity index (χ4v) is 0.566. The van der Waals surface area contributed by atoms with Gasteiger partial charge in [0, 0.05) is 12.4 Å². The quantitative estimate of drug-likeness (QED) is 0.511. The summed E-state index contributed by atoms with van der Waals surface area (Å²) in [5.74, 6) is 0. The van der Waals surface area contributed by atoms with Crippen LogP contribution in [0.4, 0.5) is 0 Å². The molecule has 0 radical (unpaired) electrons. The van der Waals surface area contributed by atoms with E-state index in [4.69, 9.17) is 0 Å². The predicted molar refractivity (Wildman–Crippen MR) is 29.3 cm³/mol. The lowest BCUT2D eigenvalue weighted by molar-refractivity contribution is 0.602. The molecule has 0 bridgehead atoms. The van der Waals surface area contributed by atoms with Gasteiger partial charge in [-0.2, -0.15) is 0 Å². The van der Waals surface area contributed by atoms with Crippen LogP contribution in [-0.2, 0) is 4.57 Å². The molecular weight excluding hydrogens is 123 g/mol. The van der Waals surface area contributed by atoms with E-state index in [9.17, 15) is 4.57 Å². The first-order valence-corrected chi connectivity index (χ1v) is 2.84. The highest BCUT2D eigenvalue weighted by atomic mass is 31.1. The van der Waals surface area contributed by atoms with Crippen molar-refractivity contribution < 1.29 is 4.57 Å². The van der Waals surface area contributed by atoms with Crippen LogP contribution in [0.5, 0.6) is 0 Å². The third-order valence-electron chi connectivity index (χ3n) is 0.643. The molecule has 0 N–H and O–H groups in total. The van der Waals surface area contributed by atoms with Crippen LogP contribution in [0.25, 0.3) is 0 Å². The second kappa shape index (κ2) is 2.48. The summed E-state index contributed by atoms with van der Waals surface area (Å²) < 4.78 is 10.0. The smallest absolute Gasteiger partial charge is 0.214 e. The summed E-state index contributed by atoms with van der Waals surface area (Å²) in [7, 11) is -0.0742. The Bertz CT molecular complexity index is 177. The monoisotopic (exact) mass is 126 g/mol. The van der Waals surface area contributed by atoms with Crippen LogP contribution in [-0.4, -0.2) is 9.97 Å². The third-order valence-corrected chi connectivity index (χ3v) is 1.06. The first-order valence-electron chi connectivity index (χ1n) is 2.03. The SMILES string of the molecule is O=Pc1cnccn1. The zero-order valence-electron chi connectivity index (χ0n) is 3.98. The van der Waals surface area contributed by atoms with Gasteiger partial charge in [-0.15, -0.1) is 0 Å². The van der Waals surface area contributed by atoms with Crippen molar-refractivity contribution in [2.75, 3.05) is 0 Å². The first-order chi connectivity index (χ1) is 3.93. The molecule has 0 aliphatic heterocycles. The molecule has 1 aromatic heterocycles. The van der Waals surface area contributed by atoms with Crippen LogP contribution in [0, 0.1) is 0 Å². The molecule has 0 unspecified atom stereocenters. The lowest BCUT2D eigenvalue weighted by Crippen LogP contribution is -1.96. The Kier molecular flexibility index (Phi) is 1.65. The summed E-state index contributed by atoms with van der Waals surface area (Å²) >= 11 is 0. The number of hydrogen-bond acceptors (Lipinski definition) is 3. The van der Waals surface area contributed by atoms with Gasteiger partial charge in [-0.25, -0.2) is 4.98 Å². The van der Waals surface area contributed by atoms with Crippen molar-refractivity contribution >= 4 is 13.9 Å². The highest BCUT2D eigenvalue weighted by molar-refractivity contribution is 7.33. The van der Waals surface area contributed by atoms with Crippen LogP contribution in [0.2, 0.25) is 0 Å². The van der Waals surface area contributed by atoms with E-state index >= 15 is 0 Å². The maximum atomic E-state index is 10.0. The normalized spacial score (nSPS) is 9.50. The van der Waals surface area contributed by atoms with E-state index in [-0.39, 0.29) is 8.46 Å². The van der Waals surface area contributed by atoms with Crippen molar-refractivity contribution in [3.05, 3.63) is 18.6 Å². The van der Waals surface area contributed by atoms with Gasteiger partial charge in [0.1, 0.15) is 5.44 Å².